The summed E-state index contributed by atoms with van der Waals surface area (Å²) in [7, 11) is 0. The molecule has 0 amide bonds. The number of carbonyl (C=O) groups excluding carboxylic acids is 1. The zero-order valence-electron chi connectivity index (χ0n) is 16.4. The van der Waals surface area contributed by atoms with E-state index in [1.807, 2.05) is 0 Å². The summed E-state index contributed by atoms with van der Waals surface area (Å²) in [4.78, 5) is 11.0. The molecule has 0 aliphatic rings. The van der Waals surface area contributed by atoms with E-state index in [1.54, 1.807) is 0 Å². The van der Waals surface area contributed by atoms with E-state index >= 15 is 0 Å². The van der Waals surface area contributed by atoms with Crippen LogP contribution in [-0.4, -0.2) is 9.71 Å². The van der Waals surface area contributed by atoms with Crippen molar-refractivity contribution in [3.8, 4) is 0 Å². The van der Waals surface area contributed by atoms with Gasteiger partial charge in [-0.15, -0.1) is 0 Å². The van der Waals surface area contributed by atoms with Gasteiger partial charge >= 0.3 is 0 Å². The molecule has 144 valence electrons. The Kier molecular flexibility index (Phi) is 17.8. The Morgan fingerprint density at radius 1 is 0.615 bits per heavy atom. The van der Waals surface area contributed by atoms with Crippen LogP contribution in [-0.2, 0) is 4.79 Å². The largest absolute Gasteiger partial charge is 0.302 e. The summed E-state index contributed by atoms with van der Waals surface area (Å²) >= 11 is 2.25. The predicted molar refractivity (Wildman–Crippen MR) is 126 cm³/mol. The Labute approximate surface area is 174 Å². The number of hydrogen-bond acceptors (Lipinski definition) is 1. The normalized spacial score (nSPS) is 15.5. The van der Waals surface area contributed by atoms with E-state index in [1.165, 1.54) is 0 Å². The fourth-order valence-corrected chi connectivity index (χ4v) is 2.33. The Morgan fingerprint density at radius 2 is 0.962 bits per heavy atom. The Balaban J connectivity index is 3.68. The van der Waals surface area contributed by atoms with Crippen molar-refractivity contribution in [2.45, 2.75) is 68.6 Å². The van der Waals surface area contributed by atoms with Gasteiger partial charge in [0.25, 0.3) is 0 Å². The van der Waals surface area contributed by atoms with Gasteiger partial charge in [0, 0.05) is 0 Å². The minimum atomic E-state index is -0.226. The lowest BCUT2D eigenvalue weighted by atomic mass is 10.0. The van der Waals surface area contributed by atoms with Crippen molar-refractivity contribution in [1.82, 2.24) is 0 Å². The third-order valence-electron chi connectivity index (χ3n) is 3.85. The van der Waals surface area contributed by atoms with Crippen LogP contribution in [0.15, 0.2) is 72.9 Å². The topological polar surface area (TPSA) is 17.1 Å². The molecule has 0 rings (SSSR count). The highest BCUT2D eigenvalue weighted by atomic mass is 127. The van der Waals surface area contributed by atoms with Crippen LogP contribution in [0.2, 0.25) is 0 Å². The first-order chi connectivity index (χ1) is 12.7. The first kappa shape index (κ1) is 24.8. The van der Waals surface area contributed by atoms with Gasteiger partial charge in [-0.1, -0.05) is 109 Å². The SMILES string of the molecule is CC/C=C\C/C=C\C/C=C\C/C=C\C/C=C\C/C=C\CC(I)(C=O)CC. The molecule has 26 heavy (non-hydrogen) atoms. The number of halogens is 1. The summed E-state index contributed by atoms with van der Waals surface area (Å²) in [5, 5.41) is 0. The fourth-order valence-electron chi connectivity index (χ4n) is 2.08. The zero-order chi connectivity index (χ0) is 19.3. The first-order valence-corrected chi connectivity index (χ1v) is 10.8. The van der Waals surface area contributed by atoms with Gasteiger partial charge < -0.3 is 4.79 Å². The van der Waals surface area contributed by atoms with Crippen molar-refractivity contribution in [3.05, 3.63) is 72.9 Å². The van der Waals surface area contributed by atoms with E-state index in [2.05, 4.69) is 109 Å². The average molecular weight is 466 g/mol. The molecule has 0 spiro atoms. The second kappa shape index (κ2) is 18.6. The molecule has 0 radical (unpaired) electrons. The van der Waals surface area contributed by atoms with Gasteiger partial charge in [-0.05, 0) is 51.4 Å². The van der Waals surface area contributed by atoms with E-state index in [0.717, 1.165) is 57.7 Å². The summed E-state index contributed by atoms with van der Waals surface area (Å²) in [6.45, 7) is 4.21. The number of aldehydes is 1. The van der Waals surface area contributed by atoms with Crippen LogP contribution in [0.4, 0.5) is 0 Å². The molecule has 0 aliphatic heterocycles. The molecule has 0 heterocycles. The first-order valence-electron chi connectivity index (χ1n) is 9.73. The highest BCUT2D eigenvalue weighted by molar-refractivity contribution is 14.1. The van der Waals surface area contributed by atoms with Crippen molar-refractivity contribution in [3.63, 3.8) is 0 Å². The van der Waals surface area contributed by atoms with Gasteiger partial charge in [-0.3, -0.25) is 0 Å². The fraction of sp³-hybridized carbons (Fsp3) is 0.458. The molecule has 0 saturated carbocycles. The molecular formula is C24H35IO. The molecule has 0 N–H and O–H groups in total. The van der Waals surface area contributed by atoms with Gasteiger partial charge in [-0.2, -0.15) is 0 Å². The molecule has 1 nitrogen and oxygen atoms in total. The molecule has 2 heteroatoms. The van der Waals surface area contributed by atoms with Gasteiger partial charge in [0.2, 0.25) is 0 Å². The molecular weight excluding hydrogens is 431 g/mol. The molecule has 0 saturated heterocycles. The molecule has 0 aromatic rings. The maximum Gasteiger partial charge on any atom is 0.136 e. The lowest BCUT2D eigenvalue weighted by Crippen LogP contribution is -2.19. The van der Waals surface area contributed by atoms with Crippen LogP contribution in [0, 0.1) is 0 Å². The molecule has 1 unspecified atom stereocenters. The van der Waals surface area contributed by atoms with E-state index in [-0.39, 0.29) is 3.42 Å². The Morgan fingerprint density at radius 3 is 1.27 bits per heavy atom. The van der Waals surface area contributed by atoms with Gasteiger partial charge in [0.1, 0.15) is 6.29 Å². The summed E-state index contributed by atoms with van der Waals surface area (Å²) < 4.78 is -0.226. The standard InChI is InChI=1S/C24H35IO/c1-3-5-6-7-8-9-10-11-12-13-14-15-16-17-18-19-20-21-22-24(25,4-2)23-26/h5-6,8-9,11-12,14-15,17-18,20-21,23H,3-4,7,10,13,16,19,22H2,1-2H3/b6-5-,9-8-,12-11-,15-14-,18-17-,21-20-. The average Bonchev–Trinajstić information content (AvgIpc) is 2.66. The minimum absolute atomic E-state index is 0.226. The number of alkyl halides is 1. The number of rotatable bonds is 15. The Hall–Kier alpha value is -1.16. The number of carbonyl (C=O) groups is 1. The van der Waals surface area contributed by atoms with Crippen LogP contribution in [0.25, 0.3) is 0 Å². The maximum absolute atomic E-state index is 11.0. The van der Waals surface area contributed by atoms with Crippen LogP contribution >= 0.6 is 22.6 Å². The highest BCUT2D eigenvalue weighted by Gasteiger charge is 2.20. The van der Waals surface area contributed by atoms with Crippen molar-refractivity contribution >= 4 is 28.9 Å². The summed E-state index contributed by atoms with van der Waals surface area (Å²) in [5.74, 6) is 0. The van der Waals surface area contributed by atoms with E-state index in [4.69, 9.17) is 0 Å². The summed E-state index contributed by atoms with van der Waals surface area (Å²) in [6.07, 6.45) is 35.1. The third-order valence-corrected chi connectivity index (χ3v) is 5.31. The molecule has 0 aromatic heterocycles. The third kappa shape index (κ3) is 16.3. The molecule has 1 atom stereocenters. The zero-order valence-corrected chi connectivity index (χ0v) is 18.6. The van der Waals surface area contributed by atoms with Crippen molar-refractivity contribution in [2.24, 2.45) is 0 Å². The van der Waals surface area contributed by atoms with Gasteiger partial charge in [0.15, 0.2) is 0 Å². The molecule has 0 bridgehead atoms. The molecule has 0 aliphatic carbocycles. The minimum Gasteiger partial charge on any atom is -0.302 e. The van der Waals surface area contributed by atoms with E-state index in [0.29, 0.717) is 0 Å². The smallest absolute Gasteiger partial charge is 0.136 e. The highest BCUT2D eigenvalue weighted by Crippen LogP contribution is 2.25. The van der Waals surface area contributed by atoms with Crippen LogP contribution in [0.3, 0.4) is 0 Å². The summed E-state index contributed by atoms with van der Waals surface area (Å²) in [6, 6.07) is 0. The van der Waals surface area contributed by atoms with Crippen LogP contribution < -0.4 is 0 Å². The molecule has 0 aromatic carbocycles. The van der Waals surface area contributed by atoms with Crippen molar-refractivity contribution < 1.29 is 4.79 Å². The van der Waals surface area contributed by atoms with E-state index in [9.17, 15) is 4.79 Å². The second-order valence-electron chi connectivity index (χ2n) is 6.13. The monoisotopic (exact) mass is 466 g/mol. The quantitative estimate of drug-likeness (QED) is 0.104. The maximum atomic E-state index is 11.0. The van der Waals surface area contributed by atoms with Gasteiger partial charge in [0.05, 0.1) is 3.42 Å². The predicted octanol–water partition coefficient (Wildman–Crippen LogP) is 7.86. The Bertz CT molecular complexity index is 508. The lowest BCUT2D eigenvalue weighted by Gasteiger charge is -2.15. The van der Waals surface area contributed by atoms with Crippen LogP contribution in [0.1, 0.15) is 65.2 Å². The van der Waals surface area contributed by atoms with E-state index < -0.39 is 0 Å². The summed E-state index contributed by atoms with van der Waals surface area (Å²) in [5.41, 5.74) is 0. The lowest BCUT2D eigenvalue weighted by molar-refractivity contribution is -0.109. The number of hydrogen-bond donors (Lipinski definition) is 0. The second-order valence-corrected chi connectivity index (χ2v) is 8.27. The van der Waals surface area contributed by atoms with Crippen LogP contribution in [0.5, 0.6) is 0 Å². The van der Waals surface area contributed by atoms with Gasteiger partial charge in [-0.25, -0.2) is 0 Å². The number of allylic oxidation sites excluding steroid dienone is 12. The van der Waals surface area contributed by atoms with Crippen molar-refractivity contribution in [1.29, 1.82) is 0 Å². The molecule has 0 fully saturated rings. The van der Waals surface area contributed by atoms with Crippen molar-refractivity contribution in [2.75, 3.05) is 0 Å².